The predicted molar refractivity (Wildman–Crippen MR) is 164 cm³/mol. The zero-order valence-electron chi connectivity index (χ0n) is 25.2. The van der Waals surface area contributed by atoms with Crippen LogP contribution >= 0.6 is 11.3 Å². The minimum atomic E-state index is -0.536. The van der Waals surface area contributed by atoms with Gasteiger partial charge in [0.15, 0.2) is 0 Å². The topological polar surface area (TPSA) is 124 Å². The first-order valence-electron chi connectivity index (χ1n) is 15.1. The van der Waals surface area contributed by atoms with Gasteiger partial charge in [0.1, 0.15) is 22.9 Å². The van der Waals surface area contributed by atoms with E-state index in [-0.39, 0.29) is 42.6 Å². The van der Waals surface area contributed by atoms with Crippen LogP contribution in [0.5, 0.6) is 5.75 Å². The summed E-state index contributed by atoms with van der Waals surface area (Å²) >= 11 is 1.31. The standard InChI is InChI=1S/C32H37N3O8S/c1-4-41-31(37)21-15-20(16-21)17-34-29(36)26-19(2)27(28-33-11-14-42-28)44-30(26)35(32(34)38)18-25(43-22-9-12-40-13-10-22)23-7-5-6-8-24(23)39-3/h5-8,11,14,20-22,25H,4,9-10,12-13,15-18H2,1-3H3/t20?,21?,25-/m1/s1. The number of hydrogen-bond acceptors (Lipinski definition) is 10. The molecular weight excluding hydrogens is 586 g/mol. The number of hydrogen-bond donors (Lipinski definition) is 0. The number of esters is 1. The first-order valence-corrected chi connectivity index (χ1v) is 15.9. The Bertz CT molecular complexity index is 1730. The monoisotopic (exact) mass is 623 g/mol. The van der Waals surface area contributed by atoms with Crippen LogP contribution in [-0.4, -0.2) is 53.1 Å². The van der Waals surface area contributed by atoms with Crippen LogP contribution in [0.2, 0.25) is 0 Å². The minimum absolute atomic E-state index is 0.00867. The van der Waals surface area contributed by atoms with E-state index in [1.807, 2.05) is 31.2 Å². The Morgan fingerprint density at radius 3 is 2.64 bits per heavy atom. The van der Waals surface area contributed by atoms with Crippen LogP contribution in [0.4, 0.5) is 0 Å². The summed E-state index contributed by atoms with van der Waals surface area (Å²) in [6.45, 7) is 5.56. The average molecular weight is 624 g/mol. The van der Waals surface area contributed by atoms with Gasteiger partial charge in [-0.2, -0.15) is 0 Å². The predicted octanol–water partition coefficient (Wildman–Crippen LogP) is 4.72. The molecule has 1 aliphatic heterocycles. The zero-order chi connectivity index (χ0) is 30.8. The zero-order valence-corrected chi connectivity index (χ0v) is 26.0. The molecule has 1 atom stereocenters. The Balaban J connectivity index is 1.44. The molecule has 44 heavy (non-hydrogen) atoms. The number of rotatable bonds is 11. The van der Waals surface area contributed by atoms with E-state index in [9.17, 15) is 14.4 Å². The maximum Gasteiger partial charge on any atom is 0.332 e. The number of oxazole rings is 1. The minimum Gasteiger partial charge on any atom is -0.496 e. The summed E-state index contributed by atoms with van der Waals surface area (Å²) < 4.78 is 31.7. The number of methoxy groups -OCH3 is 1. The highest BCUT2D eigenvalue weighted by atomic mass is 32.1. The smallest absolute Gasteiger partial charge is 0.332 e. The SMILES string of the molecule is CCOC(=O)C1CC(Cn2c(=O)c3c(C)c(-c4ncco4)sc3n(C[C@@H](OC3CCOCC3)c3ccccc3OC)c2=O)C1. The van der Waals surface area contributed by atoms with E-state index in [2.05, 4.69) is 4.98 Å². The van der Waals surface area contributed by atoms with Crippen molar-refractivity contribution in [3.8, 4) is 16.5 Å². The van der Waals surface area contributed by atoms with Gasteiger partial charge in [-0.25, -0.2) is 9.78 Å². The molecule has 1 aromatic carbocycles. The lowest BCUT2D eigenvalue weighted by Crippen LogP contribution is -2.45. The maximum atomic E-state index is 14.3. The van der Waals surface area contributed by atoms with Crippen molar-refractivity contribution in [3.05, 3.63) is 68.7 Å². The van der Waals surface area contributed by atoms with Crippen LogP contribution in [0.25, 0.3) is 21.0 Å². The van der Waals surface area contributed by atoms with Crippen LogP contribution in [0.3, 0.4) is 0 Å². The molecule has 6 rings (SSSR count). The number of aromatic nitrogens is 3. The van der Waals surface area contributed by atoms with Crippen molar-refractivity contribution in [2.75, 3.05) is 26.9 Å². The van der Waals surface area contributed by atoms with Crippen molar-refractivity contribution in [3.63, 3.8) is 0 Å². The van der Waals surface area contributed by atoms with Crippen molar-refractivity contribution in [1.29, 1.82) is 0 Å². The van der Waals surface area contributed by atoms with Gasteiger partial charge in [-0.1, -0.05) is 18.2 Å². The van der Waals surface area contributed by atoms with Gasteiger partial charge in [0.25, 0.3) is 5.56 Å². The number of nitrogens with zero attached hydrogens (tertiary/aromatic N) is 3. The third kappa shape index (κ3) is 5.85. The molecule has 2 fully saturated rings. The second kappa shape index (κ2) is 13.1. The lowest BCUT2D eigenvalue weighted by molar-refractivity contribution is -0.153. The molecule has 0 radical (unpaired) electrons. The molecule has 11 nitrogen and oxygen atoms in total. The summed E-state index contributed by atoms with van der Waals surface area (Å²) in [7, 11) is 1.61. The Morgan fingerprint density at radius 2 is 1.93 bits per heavy atom. The molecule has 4 heterocycles. The van der Waals surface area contributed by atoms with Gasteiger partial charge in [0, 0.05) is 25.3 Å². The van der Waals surface area contributed by atoms with Crippen molar-refractivity contribution in [1.82, 2.24) is 14.1 Å². The van der Waals surface area contributed by atoms with Gasteiger partial charge in [0.2, 0.25) is 5.89 Å². The van der Waals surface area contributed by atoms with Crippen LogP contribution in [0.1, 0.15) is 49.8 Å². The maximum absolute atomic E-state index is 14.3. The molecule has 1 aliphatic carbocycles. The molecule has 1 saturated carbocycles. The van der Waals surface area contributed by atoms with E-state index in [4.69, 9.17) is 23.4 Å². The normalized spacial score (nSPS) is 19.5. The summed E-state index contributed by atoms with van der Waals surface area (Å²) in [6, 6.07) is 7.64. The molecule has 0 bridgehead atoms. The van der Waals surface area contributed by atoms with Gasteiger partial charge in [0.05, 0.1) is 48.7 Å². The van der Waals surface area contributed by atoms with Gasteiger partial charge in [-0.15, -0.1) is 11.3 Å². The molecule has 12 heteroatoms. The van der Waals surface area contributed by atoms with Gasteiger partial charge >= 0.3 is 11.7 Å². The largest absolute Gasteiger partial charge is 0.496 e. The number of benzene rings is 1. The first kappa shape index (κ1) is 30.3. The molecule has 3 aromatic heterocycles. The van der Waals surface area contributed by atoms with E-state index in [0.29, 0.717) is 65.0 Å². The van der Waals surface area contributed by atoms with Crippen LogP contribution in [0.15, 0.2) is 50.7 Å². The van der Waals surface area contributed by atoms with Gasteiger partial charge in [-0.3, -0.25) is 18.7 Å². The fourth-order valence-electron chi connectivity index (χ4n) is 6.21. The molecule has 2 aliphatic rings. The molecule has 0 amide bonds. The fraction of sp³-hybridized carbons (Fsp3) is 0.500. The number of carbonyl (C=O) groups excluding carboxylic acids is 1. The Morgan fingerprint density at radius 1 is 1.16 bits per heavy atom. The van der Waals surface area contributed by atoms with Crippen molar-refractivity contribution < 1.29 is 28.2 Å². The molecule has 1 saturated heterocycles. The number of fused-ring (bicyclic) bond motifs is 1. The highest BCUT2D eigenvalue weighted by Crippen LogP contribution is 2.39. The molecular formula is C32H37N3O8S. The highest BCUT2D eigenvalue weighted by Gasteiger charge is 2.37. The molecule has 0 N–H and O–H groups in total. The van der Waals surface area contributed by atoms with Crippen LogP contribution in [-0.2, 0) is 32.1 Å². The summed E-state index contributed by atoms with van der Waals surface area (Å²) in [5.41, 5.74) is 0.748. The van der Waals surface area contributed by atoms with Crippen LogP contribution in [0, 0.1) is 18.8 Å². The van der Waals surface area contributed by atoms with Crippen molar-refractivity contribution in [2.24, 2.45) is 11.8 Å². The lowest BCUT2D eigenvalue weighted by Gasteiger charge is -2.33. The molecule has 0 unspecified atom stereocenters. The van der Waals surface area contributed by atoms with Crippen molar-refractivity contribution in [2.45, 2.75) is 64.8 Å². The lowest BCUT2D eigenvalue weighted by atomic mass is 9.75. The second-order valence-corrected chi connectivity index (χ2v) is 12.3. The number of thiophene rings is 1. The summed E-state index contributed by atoms with van der Waals surface area (Å²) in [5, 5.41) is 0.453. The van der Waals surface area contributed by atoms with Gasteiger partial charge < -0.3 is 23.4 Å². The summed E-state index contributed by atoms with van der Waals surface area (Å²) in [5.74, 6) is 0.630. The van der Waals surface area contributed by atoms with E-state index in [1.54, 1.807) is 24.8 Å². The number of para-hydroxylation sites is 1. The summed E-state index contributed by atoms with van der Waals surface area (Å²) in [6.07, 6.45) is 5.08. The molecule has 0 spiro atoms. The third-order valence-corrected chi connectivity index (χ3v) is 9.88. The first-order chi connectivity index (χ1) is 21.4. The number of ether oxygens (including phenoxy) is 4. The fourth-order valence-corrected chi connectivity index (χ4v) is 7.45. The Hall–Kier alpha value is -3.74. The van der Waals surface area contributed by atoms with E-state index >= 15 is 0 Å². The number of aryl methyl sites for hydroxylation is 1. The quantitative estimate of drug-likeness (QED) is 0.218. The molecule has 4 aromatic rings. The van der Waals surface area contributed by atoms with Crippen molar-refractivity contribution >= 4 is 27.5 Å². The van der Waals surface area contributed by atoms with Gasteiger partial charge in [-0.05, 0) is 57.1 Å². The summed E-state index contributed by atoms with van der Waals surface area (Å²) in [4.78, 5) is 46.1. The van der Waals surface area contributed by atoms with Crippen LogP contribution < -0.4 is 16.0 Å². The highest BCUT2D eigenvalue weighted by molar-refractivity contribution is 7.22. The Kier molecular flexibility index (Phi) is 9.01. The Labute approximate surface area is 258 Å². The van der Waals surface area contributed by atoms with E-state index in [0.717, 1.165) is 18.4 Å². The van der Waals surface area contributed by atoms with E-state index in [1.165, 1.54) is 22.2 Å². The third-order valence-electron chi connectivity index (χ3n) is 8.58. The molecule has 234 valence electrons. The number of carbonyl (C=O) groups is 1. The van der Waals surface area contributed by atoms with E-state index < -0.39 is 11.8 Å². The second-order valence-electron chi connectivity index (χ2n) is 11.3. The average Bonchev–Trinajstić information content (AvgIpc) is 3.66.